The minimum Gasteiger partial charge on any atom is -0.486 e. The van der Waals surface area contributed by atoms with E-state index in [1.54, 1.807) is 0 Å². The van der Waals surface area contributed by atoms with Crippen LogP contribution in [0.15, 0.2) is 47.6 Å². The highest BCUT2D eigenvalue weighted by Gasteiger charge is 2.19. The molecule has 0 bridgehead atoms. The molecule has 1 N–H and O–H groups in total. The number of benzene rings is 2. The molecule has 31 heavy (non-hydrogen) atoms. The average molecular weight is 434 g/mol. The summed E-state index contributed by atoms with van der Waals surface area (Å²) in [7, 11) is 0. The van der Waals surface area contributed by atoms with Gasteiger partial charge in [0.2, 0.25) is 0 Å². The number of imidazole rings is 1. The fraction of sp³-hybridized carbons (Fsp3) is 0.250. The van der Waals surface area contributed by atoms with E-state index in [1.807, 2.05) is 57.2 Å². The summed E-state index contributed by atoms with van der Waals surface area (Å²) in [6, 6.07) is 13.9. The first-order valence-electron chi connectivity index (χ1n) is 10.2. The quantitative estimate of drug-likeness (QED) is 0.353. The molecule has 5 rings (SSSR count). The second-order valence-corrected chi connectivity index (χ2v) is 8.69. The van der Waals surface area contributed by atoms with Crippen LogP contribution in [0.1, 0.15) is 27.3 Å². The molecule has 2 aromatic heterocycles. The topological polar surface area (TPSA) is 69.1 Å². The maximum absolute atomic E-state index is 13.0. The third kappa shape index (κ3) is 3.70. The lowest BCUT2D eigenvalue weighted by molar-refractivity contribution is 0.102. The minimum atomic E-state index is 0.0820. The second kappa shape index (κ2) is 7.81. The lowest BCUT2D eigenvalue weighted by atomic mass is 10.2. The molecule has 2 aromatic carbocycles. The van der Waals surface area contributed by atoms with Gasteiger partial charge in [0.05, 0.1) is 16.8 Å². The zero-order chi connectivity index (χ0) is 21.5. The fourth-order valence-electron chi connectivity index (χ4n) is 3.99. The molecule has 4 aromatic rings. The van der Waals surface area contributed by atoms with Gasteiger partial charge in [-0.1, -0.05) is 17.8 Å². The standard InChI is InChI=1S/C24H23N3O3S/c1-14-4-6-19-20(10-14)26-24(25-19)31-13-21(28)18-11-15(2)27(16(18)3)17-5-7-22-23(12-17)30-9-8-29-22/h4-7,10-12H,8-9,13H2,1-3H3,(H,25,26). The number of nitrogens with zero attached hydrogens (tertiary/aromatic N) is 2. The summed E-state index contributed by atoms with van der Waals surface area (Å²) in [5.74, 6) is 1.90. The van der Waals surface area contributed by atoms with Crippen molar-refractivity contribution in [3.8, 4) is 17.2 Å². The Hall–Kier alpha value is -3.19. The van der Waals surface area contributed by atoms with E-state index in [1.165, 1.54) is 17.3 Å². The van der Waals surface area contributed by atoms with Crippen LogP contribution in [0.3, 0.4) is 0 Å². The van der Waals surface area contributed by atoms with E-state index in [0.29, 0.717) is 19.0 Å². The van der Waals surface area contributed by atoms with Crippen molar-refractivity contribution in [2.75, 3.05) is 19.0 Å². The van der Waals surface area contributed by atoms with Crippen molar-refractivity contribution in [2.45, 2.75) is 25.9 Å². The molecule has 0 aliphatic carbocycles. The number of carbonyl (C=O) groups is 1. The molecule has 3 heterocycles. The highest BCUT2D eigenvalue weighted by molar-refractivity contribution is 7.99. The molecule has 7 heteroatoms. The van der Waals surface area contributed by atoms with Gasteiger partial charge in [-0.25, -0.2) is 4.98 Å². The maximum atomic E-state index is 13.0. The molecular weight excluding hydrogens is 410 g/mol. The molecule has 6 nitrogen and oxygen atoms in total. The zero-order valence-electron chi connectivity index (χ0n) is 17.7. The summed E-state index contributed by atoms with van der Waals surface area (Å²) in [6.07, 6.45) is 0. The number of rotatable bonds is 5. The number of hydrogen-bond acceptors (Lipinski definition) is 5. The van der Waals surface area contributed by atoms with Crippen molar-refractivity contribution in [3.63, 3.8) is 0 Å². The van der Waals surface area contributed by atoms with E-state index in [4.69, 9.17) is 9.47 Å². The van der Waals surface area contributed by atoms with Crippen LogP contribution >= 0.6 is 11.8 Å². The van der Waals surface area contributed by atoms with Crippen molar-refractivity contribution in [2.24, 2.45) is 0 Å². The number of H-pyrrole nitrogens is 1. The van der Waals surface area contributed by atoms with Gasteiger partial charge in [-0.2, -0.15) is 0 Å². The number of thioether (sulfide) groups is 1. The monoisotopic (exact) mass is 433 g/mol. The van der Waals surface area contributed by atoms with Crippen LogP contribution in [0.2, 0.25) is 0 Å². The lowest BCUT2D eigenvalue weighted by Gasteiger charge is -2.20. The van der Waals surface area contributed by atoms with Gasteiger partial charge in [0.25, 0.3) is 0 Å². The van der Waals surface area contributed by atoms with Gasteiger partial charge in [-0.15, -0.1) is 0 Å². The normalized spacial score (nSPS) is 13.0. The molecule has 0 amide bonds. The number of hydrogen-bond donors (Lipinski definition) is 1. The molecule has 158 valence electrons. The van der Waals surface area contributed by atoms with Gasteiger partial charge >= 0.3 is 0 Å². The summed E-state index contributed by atoms with van der Waals surface area (Å²) in [5.41, 5.74) is 6.69. The summed E-state index contributed by atoms with van der Waals surface area (Å²) < 4.78 is 13.4. The Morgan fingerprint density at radius 2 is 1.87 bits per heavy atom. The van der Waals surface area contributed by atoms with Crippen LogP contribution in [0.25, 0.3) is 16.7 Å². The molecule has 1 aliphatic rings. The zero-order valence-corrected chi connectivity index (χ0v) is 18.5. The summed E-state index contributed by atoms with van der Waals surface area (Å²) in [5, 5.41) is 0.759. The van der Waals surface area contributed by atoms with Crippen LogP contribution in [-0.4, -0.2) is 39.3 Å². The first kappa shape index (κ1) is 19.8. The first-order valence-corrected chi connectivity index (χ1v) is 11.2. The third-order valence-electron chi connectivity index (χ3n) is 5.47. The number of Topliss-reactive ketones (excluding diaryl/α,β-unsaturated/α-hetero) is 1. The summed E-state index contributed by atoms with van der Waals surface area (Å²) in [6.45, 7) is 7.15. The van der Waals surface area contributed by atoms with E-state index in [2.05, 4.69) is 20.6 Å². The second-order valence-electron chi connectivity index (χ2n) is 7.72. The number of aromatic amines is 1. The fourth-order valence-corrected chi connectivity index (χ4v) is 4.76. The lowest BCUT2D eigenvalue weighted by Crippen LogP contribution is -2.15. The van der Waals surface area contributed by atoms with Crippen LogP contribution < -0.4 is 9.47 Å². The Bertz CT molecular complexity index is 1310. The van der Waals surface area contributed by atoms with Gasteiger partial charge in [0.15, 0.2) is 22.4 Å². The van der Waals surface area contributed by atoms with Gasteiger partial charge in [0, 0.05) is 28.7 Å². The summed E-state index contributed by atoms with van der Waals surface area (Å²) >= 11 is 1.43. The molecule has 0 fully saturated rings. The third-order valence-corrected chi connectivity index (χ3v) is 6.34. The largest absolute Gasteiger partial charge is 0.486 e. The van der Waals surface area contributed by atoms with E-state index >= 15 is 0 Å². The SMILES string of the molecule is Cc1ccc2nc(SCC(=O)c3cc(C)n(-c4ccc5c(c4)OCCO5)c3C)[nH]c2c1. The van der Waals surface area contributed by atoms with Crippen molar-refractivity contribution >= 4 is 28.6 Å². The predicted molar refractivity (Wildman–Crippen MR) is 122 cm³/mol. The molecule has 0 saturated carbocycles. The van der Waals surface area contributed by atoms with Crippen LogP contribution in [0.5, 0.6) is 11.5 Å². The first-order chi connectivity index (χ1) is 15.0. The number of ether oxygens (including phenoxy) is 2. The molecule has 0 saturated heterocycles. The Balaban J connectivity index is 1.37. The molecular formula is C24H23N3O3S. The van der Waals surface area contributed by atoms with Crippen molar-refractivity contribution in [3.05, 3.63) is 65.0 Å². The molecule has 0 unspecified atom stereocenters. The molecule has 0 atom stereocenters. The van der Waals surface area contributed by atoms with Gasteiger partial charge in [-0.3, -0.25) is 4.79 Å². The van der Waals surface area contributed by atoms with Crippen LogP contribution in [0, 0.1) is 20.8 Å². The van der Waals surface area contributed by atoms with Gasteiger partial charge in [-0.05, 0) is 56.7 Å². The van der Waals surface area contributed by atoms with Crippen molar-refractivity contribution < 1.29 is 14.3 Å². The highest BCUT2D eigenvalue weighted by atomic mass is 32.2. The number of ketones is 1. The molecule has 0 radical (unpaired) electrons. The van der Waals surface area contributed by atoms with Crippen molar-refractivity contribution in [1.29, 1.82) is 0 Å². The Morgan fingerprint density at radius 1 is 1.06 bits per heavy atom. The molecule has 1 aliphatic heterocycles. The Kier molecular flexibility index (Phi) is 4.98. The van der Waals surface area contributed by atoms with E-state index in [9.17, 15) is 4.79 Å². The van der Waals surface area contributed by atoms with Gasteiger partial charge < -0.3 is 19.0 Å². The highest BCUT2D eigenvalue weighted by Crippen LogP contribution is 2.33. The number of carbonyl (C=O) groups excluding carboxylic acids is 1. The predicted octanol–water partition coefficient (Wildman–Crippen LogP) is 5.03. The molecule has 0 spiro atoms. The smallest absolute Gasteiger partial charge is 0.175 e. The van der Waals surface area contributed by atoms with E-state index in [0.717, 1.165) is 50.3 Å². The minimum absolute atomic E-state index is 0.0820. The number of fused-ring (bicyclic) bond motifs is 2. The Morgan fingerprint density at radius 3 is 2.71 bits per heavy atom. The van der Waals surface area contributed by atoms with E-state index in [-0.39, 0.29) is 5.78 Å². The van der Waals surface area contributed by atoms with Gasteiger partial charge in [0.1, 0.15) is 13.2 Å². The maximum Gasteiger partial charge on any atom is 0.175 e. The van der Waals surface area contributed by atoms with Crippen LogP contribution in [-0.2, 0) is 0 Å². The average Bonchev–Trinajstić information content (AvgIpc) is 3.31. The Labute approximate surface area is 184 Å². The van der Waals surface area contributed by atoms with Crippen LogP contribution in [0.4, 0.5) is 0 Å². The van der Waals surface area contributed by atoms with Crippen molar-refractivity contribution in [1.82, 2.24) is 14.5 Å². The summed E-state index contributed by atoms with van der Waals surface area (Å²) in [4.78, 5) is 20.9. The number of aryl methyl sites for hydroxylation is 2. The number of nitrogens with one attached hydrogen (secondary N) is 1. The number of aromatic nitrogens is 3. The van der Waals surface area contributed by atoms with E-state index < -0.39 is 0 Å².